The van der Waals surface area contributed by atoms with Gasteiger partial charge in [-0.25, -0.2) is 8.42 Å². The molecule has 1 saturated carbocycles. The topological polar surface area (TPSA) is 75.7 Å². The number of rotatable bonds is 4. The van der Waals surface area contributed by atoms with E-state index in [2.05, 4.69) is 5.32 Å². The predicted octanol–water partition coefficient (Wildman–Crippen LogP) is 1.71. The SMILES string of the molecule is O=C(Nc1ccc(Cl)c(S(=O)(=O)N2CCOCC2)c1)C1CC1. The third-order valence-electron chi connectivity index (χ3n) is 3.73. The van der Waals surface area contributed by atoms with Crippen LogP contribution < -0.4 is 5.32 Å². The van der Waals surface area contributed by atoms with Crippen LogP contribution in [0.5, 0.6) is 0 Å². The summed E-state index contributed by atoms with van der Waals surface area (Å²) in [5.41, 5.74) is 0.452. The van der Waals surface area contributed by atoms with Gasteiger partial charge in [0, 0.05) is 24.7 Å². The molecule has 0 spiro atoms. The fourth-order valence-corrected chi connectivity index (χ4v) is 4.20. The first-order valence-corrected chi connectivity index (χ1v) is 8.98. The fourth-order valence-electron chi connectivity index (χ4n) is 2.29. The van der Waals surface area contributed by atoms with Crippen molar-refractivity contribution in [3.8, 4) is 0 Å². The number of hydrogen-bond acceptors (Lipinski definition) is 4. The summed E-state index contributed by atoms with van der Waals surface area (Å²) in [6.45, 7) is 1.35. The summed E-state index contributed by atoms with van der Waals surface area (Å²) in [6.07, 6.45) is 1.77. The summed E-state index contributed by atoms with van der Waals surface area (Å²) in [6, 6.07) is 4.53. The van der Waals surface area contributed by atoms with Gasteiger partial charge in [-0.1, -0.05) is 11.6 Å². The first-order valence-electron chi connectivity index (χ1n) is 7.17. The van der Waals surface area contributed by atoms with E-state index in [4.69, 9.17) is 16.3 Å². The molecule has 6 nitrogen and oxygen atoms in total. The number of amides is 1. The van der Waals surface area contributed by atoms with Crippen LogP contribution in [0.3, 0.4) is 0 Å². The second-order valence-corrected chi connectivity index (χ2v) is 7.74. The van der Waals surface area contributed by atoms with Crippen LogP contribution in [0.2, 0.25) is 5.02 Å². The predicted molar refractivity (Wildman–Crippen MR) is 82.4 cm³/mol. The molecule has 8 heteroatoms. The first kappa shape index (κ1) is 15.7. The lowest BCUT2D eigenvalue weighted by molar-refractivity contribution is -0.117. The average Bonchev–Trinajstić information content (AvgIpc) is 3.35. The van der Waals surface area contributed by atoms with Gasteiger partial charge in [0.05, 0.1) is 18.2 Å². The molecule has 0 atom stereocenters. The van der Waals surface area contributed by atoms with Crippen molar-refractivity contribution in [1.82, 2.24) is 4.31 Å². The van der Waals surface area contributed by atoms with Crippen LogP contribution in [0, 0.1) is 5.92 Å². The minimum atomic E-state index is -3.69. The summed E-state index contributed by atoms with van der Waals surface area (Å²) < 4.78 is 31.9. The maximum absolute atomic E-state index is 12.7. The molecule has 0 unspecified atom stereocenters. The summed E-state index contributed by atoms with van der Waals surface area (Å²) in [4.78, 5) is 11.8. The zero-order valence-corrected chi connectivity index (χ0v) is 13.5. The Balaban J connectivity index is 1.86. The Morgan fingerprint density at radius 2 is 1.95 bits per heavy atom. The first-order chi connectivity index (χ1) is 10.5. The highest BCUT2D eigenvalue weighted by Gasteiger charge is 2.31. The Labute approximate surface area is 134 Å². The van der Waals surface area contributed by atoms with E-state index in [9.17, 15) is 13.2 Å². The Bertz CT molecular complexity index is 682. The monoisotopic (exact) mass is 344 g/mol. The number of hydrogen-bond donors (Lipinski definition) is 1. The molecule has 1 aromatic rings. The highest BCUT2D eigenvalue weighted by molar-refractivity contribution is 7.89. The average molecular weight is 345 g/mol. The molecule has 1 N–H and O–H groups in total. The van der Waals surface area contributed by atoms with E-state index in [0.29, 0.717) is 32.0 Å². The molecule has 1 saturated heterocycles. The van der Waals surface area contributed by atoms with Crippen molar-refractivity contribution in [2.75, 3.05) is 31.6 Å². The largest absolute Gasteiger partial charge is 0.379 e. The third-order valence-corrected chi connectivity index (χ3v) is 6.11. The van der Waals surface area contributed by atoms with Crippen LogP contribution in [0.15, 0.2) is 23.1 Å². The zero-order valence-electron chi connectivity index (χ0n) is 11.9. The van der Waals surface area contributed by atoms with Crippen molar-refractivity contribution in [2.45, 2.75) is 17.7 Å². The van der Waals surface area contributed by atoms with Gasteiger partial charge in [0.25, 0.3) is 0 Å². The normalized spacial score (nSPS) is 19.9. The van der Waals surface area contributed by atoms with Crippen molar-refractivity contribution in [2.24, 2.45) is 5.92 Å². The number of carbonyl (C=O) groups excluding carboxylic acids is 1. The summed E-state index contributed by atoms with van der Waals surface area (Å²) >= 11 is 6.06. The van der Waals surface area contributed by atoms with Gasteiger partial charge in [-0.15, -0.1) is 0 Å². The summed E-state index contributed by atoms with van der Waals surface area (Å²) in [7, 11) is -3.69. The molecule has 0 radical (unpaired) electrons. The van der Waals surface area contributed by atoms with Crippen molar-refractivity contribution in [3.63, 3.8) is 0 Å². The van der Waals surface area contributed by atoms with Crippen molar-refractivity contribution in [3.05, 3.63) is 23.2 Å². The molecule has 3 rings (SSSR count). The molecule has 1 aliphatic heterocycles. The van der Waals surface area contributed by atoms with E-state index in [1.54, 1.807) is 6.07 Å². The van der Waals surface area contributed by atoms with Crippen molar-refractivity contribution < 1.29 is 17.9 Å². The smallest absolute Gasteiger partial charge is 0.244 e. The van der Waals surface area contributed by atoms with Crippen LogP contribution in [-0.4, -0.2) is 44.9 Å². The summed E-state index contributed by atoms with van der Waals surface area (Å²) in [5.74, 6) is -0.0213. The number of carbonyl (C=O) groups is 1. The van der Waals surface area contributed by atoms with E-state index >= 15 is 0 Å². The lowest BCUT2D eigenvalue weighted by Crippen LogP contribution is -2.40. The van der Waals surface area contributed by atoms with E-state index in [0.717, 1.165) is 12.8 Å². The van der Waals surface area contributed by atoms with Crippen LogP contribution in [0.1, 0.15) is 12.8 Å². The highest BCUT2D eigenvalue weighted by Crippen LogP contribution is 2.32. The van der Waals surface area contributed by atoms with Gasteiger partial charge in [0.1, 0.15) is 4.90 Å². The Kier molecular flexibility index (Phi) is 4.40. The van der Waals surface area contributed by atoms with Gasteiger partial charge >= 0.3 is 0 Å². The molecular formula is C14H17ClN2O4S. The zero-order chi connectivity index (χ0) is 15.7. The van der Waals surface area contributed by atoms with Gasteiger partial charge < -0.3 is 10.1 Å². The minimum Gasteiger partial charge on any atom is -0.379 e. The van der Waals surface area contributed by atoms with Crippen LogP contribution >= 0.6 is 11.6 Å². The molecule has 1 amide bonds. The molecule has 1 aromatic carbocycles. The number of sulfonamides is 1. The molecule has 1 heterocycles. The molecule has 2 aliphatic rings. The molecule has 120 valence electrons. The number of morpholine rings is 1. The van der Waals surface area contributed by atoms with Gasteiger partial charge in [-0.05, 0) is 31.0 Å². The quantitative estimate of drug-likeness (QED) is 0.902. The standard InChI is InChI=1S/C14H17ClN2O4S/c15-12-4-3-11(16-14(18)10-1-2-10)9-13(12)22(19,20)17-5-7-21-8-6-17/h3-4,9-10H,1-2,5-8H2,(H,16,18). The van der Waals surface area contributed by atoms with E-state index in [1.165, 1.54) is 16.4 Å². The maximum Gasteiger partial charge on any atom is 0.244 e. The van der Waals surface area contributed by atoms with Gasteiger partial charge in [-0.2, -0.15) is 4.31 Å². The van der Waals surface area contributed by atoms with Crippen molar-refractivity contribution >= 4 is 33.2 Å². The van der Waals surface area contributed by atoms with Gasteiger partial charge in [0.15, 0.2) is 0 Å². The van der Waals surface area contributed by atoms with E-state index in [-0.39, 0.29) is 21.7 Å². The summed E-state index contributed by atoms with van der Waals surface area (Å²) in [5, 5.41) is 2.89. The minimum absolute atomic E-state index is 0.0182. The maximum atomic E-state index is 12.7. The van der Waals surface area contributed by atoms with Gasteiger partial charge in [0.2, 0.25) is 15.9 Å². The Morgan fingerprint density at radius 1 is 1.27 bits per heavy atom. The number of benzene rings is 1. The van der Waals surface area contributed by atoms with Gasteiger partial charge in [-0.3, -0.25) is 4.79 Å². The Hall–Kier alpha value is -1.15. The van der Waals surface area contributed by atoms with E-state index < -0.39 is 10.0 Å². The second-order valence-electron chi connectivity index (χ2n) is 5.43. The fraction of sp³-hybridized carbons (Fsp3) is 0.500. The van der Waals surface area contributed by atoms with Crippen molar-refractivity contribution in [1.29, 1.82) is 0 Å². The number of nitrogens with zero attached hydrogens (tertiary/aromatic N) is 1. The molecule has 1 aliphatic carbocycles. The molecule has 0 aromatic heterocycles. The molecule has 22 heavy (non-hydrogen) atoms. The van der Waals surface area contributed by atoms with E-state index in [1.807, 2.05) is 0 Å². The number of halogens is 1. The van der Waals surface area contributed by atoms with Crippen LogP contribution in [-0.2, 0) is 19.6 Å². The van der Waals surface area contributed by atoms with Crippen LogP contribution in [0.4, 0.5) is 5.69 Å². The molecule has 2 fully saturated rings. The third kappa shape index (κ3) is 3.27. The lowest BCUT2D eigenvalue weighted by atomic mass is 10.3. The highest BCUT2D eigenvalue weighted by atomic mass is 35.5. The number of anilines is 1. The number of nitrogens with one attached hydrogen (secondary N) is 1. The molecule has 0 bridgehead atoms. The van der Waals surface area contributed by atoms with Crippen LogP contribution in [0.25, 0.3) is 0 Å². The Morgan fingerprint density at radius 3 is 2.59 bits per heavy atom. The second kappa shape index (κ2) is 6.16. The lowest BCUT2D eigenvalue weighted by Gasteiger charge is -2.26. The molecular weight excluding hydrogens is 328 g/mol. The number of ether oxygens (including phenoxy) is 1.